The number of aromatic carboxylic acids is 2. The molecular weight excluding hydrogens is 1760 g/mol. The fraction of sp³-hybridized carbons (Fsp3) is 0.152. The molecule has 10 radical (unpaired) electrons. The molecule has 0 aliphatic carbocycles. The number of carboxylic acid groups (broad SMARTS) is 2. The number of hydrogen-bond acceptors (Lipinski definition) is 13. The predicted molar refractivity (Wildman–Crippen MR) is 283 cm³/mol. The van der Waals surface area contributed by atoms with Crippen molar-refractivity contribution < 1.29 is 357 Å². The number of nitrogens with zero attached hydrogens (tertiary/aromatic N) is 8. The molecule has 15 nitrogen and oxygen atoms in total. The molecule has 0 atom stereocenters. The van der Waals surface area contributed by atoms with Gasteiger partial charge in [-0.25, -0.2) is 9.78 Å². The molecule has 0 saturated heterocycles. The molecule has 0 fully saturated rings. The molecule has 0 aromatic carbocycles. The molecule has 0 bridgehead atoms. The second-order valence-corrected chi connectivity index (χ2v) is 17.0. The van der Waals surface area contributed by atoms with Crippen LogP contribution in [0, 0.1) is 91.3 Å². The summed E-state index contributed by atoms with van der Waals surface area (Å²) < 4.78 is 9.51. The van der Waals surface area contributed by atoms with Gasteiger partial charge in [-0.15, -0.1) is 46.0 Å². The van der Waals surface area contributed by atoms with E-state index in [0.29, 0.717) is 18.8 Å². The molecule has 6 aromatic heterocycles. The molecule has 0 spiro atoms. The smallest absolute Gasteiger partial charge is 1.00 e. The van der Waals surface area contributed by atoms with Crippen LogP contribution in [0.5, 0.6) is 0 Å². The number of halogens is 5. The minimum Gasteiger partial charge on any atom is -1.00 e. The van der Waals surface area contributed by atoms with Crippen molar-refractivity contribution >= 4 is 91.4 Å². The van der Waals surface area contributed by atoms with Gasteiger partial charge in [0.25, 0.3) is 0 Å². The van der Waals surface area contributed by atoms with Crippen LogP contribution < -0.4 is 76.0 Å². The molecule has 34 heteroatoms. The Bertz CT molecular complexity index is 2130. The van der Waals surface area contributed by atoms with Crippen LogP contribution in [-0.2, 0) is 286 Å². The van der Waals surface area contributed by atoms with Gasteiger partial charge in [-0.05, 0) is 70.6 Å². The molecule has 80 heavy (non-hydrogen) atoms. The van der Waals surface area contributed by atoms with Gasteiger partial charge in [-0.3, -0.25) is 4.57 Å². The Morgan fingerprint density at radius 2 is 0.938 bits per heavy atom. The van der Waals surface area contributed by atoms with Crippen LogP contribution in [0.25, 0.3) is 0 Å². The molecular formula is C46H60AlCl5KLiN9O6PV5Y5. The van der Waals surface area contributed by atoms with Crippen LogP contribution in [-0.4, -0.2) is 81.1 Å². The van der Waals surface area contributed by atoms with Crippen molar-refractivity contribution in [2.45, 2.75) is 40.2 Å². The molecule has 6 rings (SSSR count). The fourth-order valence-electron chi connectivity index (χ4n) is 3.07. The number of carbonyl (C=O) groups is 2. The van der Waals surface area contributed by atoms with Crippen LogP contribution in [0.1, 0.15) is 59.2 Å². The normalized spacial score (nSPS) is 6.75. The number of carboxylic acids is 2. The zero-order chi connectivity index (χ0) is 45.4. The van der Waals surface area contributed by atoms with E-state index in [4.69, 9.17) is 61.4 Å². The molecule has 410 valence electrons. The second kappa shape index (κ2) is 109. The first-order valence-electron chi connectivity index (χ1n) is 16.1. The second-order valence-electron chi connectivity index (χ2n) is 9.78. The van der Waals surface area contributed by atoms with E-state index < -0.39 is 17.1 Å². The average Bonchev–Trinajstić information content (AvgIpc) is 3.27. The molecule has 6 heterocycles. The average molecular weight is 1820 g/mol. The van der Waals surface area contributed by atoms with Crippen molar-refractivity contribution in [3.63, 3.8) is 0 Å². The maximum atomic E-state index is 10.3. The summed E-state index contributed by atoms with van der Waals surface area (Å²) >= 11 is 24.7. The summed E-state index contributed by atoms with van der Waals surface area (Å²) in [5, 5.41) is 36.5. The van der Waals surface area contributed by atoms with Crippen LogP contribution in [0.3, 0.4) is 0 Å². The van der Waals surface area contributed by atoms with E-state index in [1.165, 1.54) is 30.6 Å². The van der Waals surface area contributed by atoms with Crippen molar-refractivity contribution in [2.75, 3.05) is 6.54 Å². The van der Waals surface area contributed by atoms with E-state index in [1.807, 2.05) is 36.4 Å². The summed E-state index contributed by atoms with van der Waals surface area (Å²) in [7, 11) is 0. The molecule has 0 aliphatic heterocycles. The minimum atomic E-state index is -3.22. The summed E-state index contributed by atoms with van der Waals surface area (Å²) in [6, 6.07) is 22.7. The third-order valence-electron chi connectivity index (χ3n) is 5.49. The fourth-order valence-corrected chi connectivity index (χ4v) is 3.42. The zero-order valence-corrected chi connectivity index (χ0v) is 72.1. The maximum absolute atomic E-state index is 10.3. The van der Waals surface area contributed by atoms with Crippen molar-refractivity contribution in [3.8, 4) is 6.07 Å². The first kappa shape index (κ1) is 151. The van der Waals surface area contributed by atoms with Gasteiger partial charge in [-0.2, -0.15) is 53.8 Å². The number of nitriles is 1. The SMILES string of the molecule is C.C.ClCc1[c-]nccc1.N#CCc1[c-]nccc1.NCCc1[c-]nccc1.O=C(O)c1[c-]nccc1.O=C(O)c1cccnc1Cl.O=P(Cl)(Cl)Cl.OCc1[c-]nccc1.[AlH3].[C-]#N.[CH3-].[CH3-].[CH3-].[CH3-].[CH3-].[H-].[K+].[Li+].[V+2].[V+2].[V+2].[V+2].[V+2].[Y].[Y].[Y].[Y].[Y]. The summed E-state index contributed by atoms with van der Waals surface area (Å²) in [5.41, 5.74) is 9.04. The largest absolute Gasteiger partial charge is 2.00 e. The zero-order valence-electron chi connectivity index (χ0n) is 44.1. The quantitative estimate of drug-likeness (QED) is 0.0556. The Balaban J connectivity index is -0.0000000221. The monoisotopic (exact) mass is 1810 g/mol. The minimum absolute atomic E-state index is 0. The molecule has 0 saturated carbocycles. The van der Waals surface area contributed by atoms with Crippen molar-refractivity contribution in [3.05, 3.63) is 223 Å². The molecule has 6 aromatic rings. The van der Waals surface area contributed by atoms with Gasteiger partial charge >= 0.3 is 174 Å². The number of aliphatic hydroxyl groups excluding tert-OH is 1. The van der Waals surface area contributed by atoms with E-state index in [2.05, 4.69) is 94.6 Å². The van der Waals surface area contributed by atoms with Crippen LogP contribution in [0.15, 0.2) is 110 Å². The summed E-state index contributed by atoms with van der Waals surface area (Å²) in [4.78, 5) is 42.5. The van der Waals surface area contributed by atoms with Gasteiger partial charge in [0.15, 0.2) is 17.4 Å². The standard InChI is InChI=1S/C7H9N2.C7H5N2.C6H4ClNO2.C6H5ClN.C6H4NO2.C6H6NO.CN.2CH4.5CH3.Al.Cl3OP.K.Li.5V.5Y.4H/c2*8-4-3-7-2-1-5-9-6-7;7-5-4(6(9)10)2-1-3-8-5;7-4-6-2-1-3-8-5-6;8-6(9)5-2-1-3-7-4-5;8-5-6-2-1-3-7-4-6;1-2;;;;;;;;;1-5(2,3)4;;;;;;;;;;;;;;;;/h1-2,5H,3-4,8H2;1-2,5H,3H2;1-3H,(H,9,10);1-3H,4H2;1-3H,(H,8,9);1-3,8H,5H2;;2*1H4;5*1H3;;;;;;;;;;;;;;;;;;/q2*-1;;4*-1;;;5*-1;;;2*+1;5*+2;;;;;;;;;-1. The molecule has 0 aliphatic rings. The number of rotatable bonds is 7. The Kier molecular flexibility index (Phi) is 207. The summed E-state index contributed by atoms with van der Waals surface area (Å²) in [6.07, 6.45) is 24.0. The van der Waals surface area contributed by atoms with E-state index in [-0.39, 0.29) is 420 Å². The maximum Gasteiger partial charge on any atom is 2.00 e. The number of nitrogens with two attached hydrogens (primary N) is 1. The Hall–Kier alpha value is 5.63. The van der Waals surface area contributed by atoms with Gasteiger partial charge in [0.2, 0.25) is 5.97 Å². The summed E-state index contributed by atoms with van der Waals surface area (Å²) in [6.45, 7) is 5.44. The first-order valence-corrected chi connectivity index (χ1v) is 21.4. The first-order chi connectivity index (χ1) is 28.7. The Labute approximate surface area is 756 Å². The van der Waals surface area contributed by atoms with Gasteiger partial charge in [0.1, 0.15) is 5.15 Å². The molecule has 0 unspecified atom stereocenters. The third-order valence-corrected chi connectivity index (χ3v) is 6.08. The predicted octanol–water partition coefficient (Wildman–Crippen LogP) is 4.68. The van der Waals surface area contributed by atoms with E-state index in [0.717, 1.165) is 28.7 Å². The van der Waals surface area contributed by atoms with Crippen LogP contribution in [0.2, 0.25) is 5.15 Å². The number of pyridine rings is 6. The molecule has 5 N–H and O–H groups in total. The number of alkyl halides is 1. The van der Waals surface area contributed by atoms with Crippen LogP contribution in [0.4, 0.5) is 0 Å². The van der Waals surface area contributed by atoms with Gasteiger partial charge in [0, 0.05) is 189 Å². The van der Waals surface area contributed by atoms with Gasteiger partial charge < -0.3 is 101 Å². The number of aliphatic hydroxyl groups is 1. The molecule has 0 amide bonds. The number of hydrogen-bond donors (Lipinski definition) is 4. The summed E-state index contributed by atoms with van der Waals surface area (Å²) in [5.74, 6) is -1.56. The van der Waals surface area contributed by atoms with Crippen molar-refractivity contribution in [1.29, 1.82) is 10.5 Å². The van der Waals surface area contributed by atoms with Crippen LogP contribution >= 0.6 is 62.1 Å². The van der Waals surface area contributed by atoms with E-state index in [9.17, 15) is 14.2 Å². The topological polar surface area (TPSA) is 263 Å². The van der Waals surface area contributed by atoms with Crippen molar-refractivity contribution in [1.82, 2.24) is 29.9 Å². The van der Waals surface area contributed by atoms with Gasteiger partial charge in [-0.1, -0.05) is 82.2 Å². The van der Waals surface area contributed by atoms with Gasteiger partial charge in [0.05, 0.1) is 11.6 Å². The third kappa shape index (κ3) is 103. The van der Waals surface area contributed by atoms with E-state index in [1.54, 1.807) is 49.1 Å². The van der Waals surface area contributed by atoms with Crippen molar-refractivity contribution in [2.24, 2.45) is 5.73 Å². The number of aromatic nitrogens is 6. The Morgan fingerprint density at radius 3 is 1.14 bits per heavy atom. The van der Waals surface area contributed by atoms with E-state index >= 15 is 0 Å². The Morgan fingerprint density at radius 1 is 0.625 bits per heavy atom.